The Morgan fingerprint density at radius 2 is 0.868 bits per heavy atom. The maximum atomic E-state index is 13.6. The van der Waals surface area contributed by atoms with Crippen LogP contribution in [0.3, 0.4) is 0 Å². The van der Waals surface area contributed by atoms with Crippen LogP contribution in [0.15, 0.2) is 19.2 Å². The van der Waals surface area contributed by atoms with Crippen LogP contribution in [0.2, 0.25) is 0 Å². The summed E-state index contributed by atoms with van der Waals surface area (Å²) in [6.45, 7) is 15.1. The monoisotopic (exact) mass is 570 g/mol. The molecule has 0 aliphatic rings. The third-order valence-electron chi connectivity index (χ3n) is 6.25. The first-order valence-corrected chi connectivity index (χ1v) is 13.6. The largest absolute Gasteiger partial charge is 0.277 e. The second-order valence-electron chi connectivity index (χ2n) is 8.03. The van der Waals surface area contributed by atoms with Crippen LogP contribution in [-0.4, -0.2) is 9.13 Å². The van der Waals surface area contributed by atoms with E-state index in [4.69, 9.17) is 13.1 Å². The molecule has 0 spiro atoms. The van der Waals surface area contributed by atoms with Gasteiger partial charge in [-0.2, -0.15) is 33.2 Å². The lowest BCUT2D eigenvalue weighted by Gasteiger charge is -2.17. The number of nitriles is 2. The molecule has 0 aliphatic heterocycles. The second-order valence-corrected chi connectivity index (χ2v) is 12.1. The van der Waals surface area contributed by atoms with Gasteiger partial charge >= 0.3 is 0 Å². The molecule has 4 heterocycles. The molecule has 10 nitrogen and oxygen atoms in total. The molecule has 0 amide bonds. The van der Waals surface area contributed by atoms with Gasteiger partial charge in [0.25, 0.3) is 32.2 Å². The van der Waals surface area contributed by atoms with Gasteiger partial charge in [-0.3, -0.25) is 28.3 Å². The van der Waals surface area contributed by atoms with Crippen LogP contribution in [-0.2, 0) is 14.1 Å². The van der Waals surface area contributed by atoms with Gasteiger partial charge in [-0.05, 0) is 0 Å². The summed E-state index contributed by atoms with van der Waals surface area (Å²) >= 11 is 3.48. The van der Waals surface area contributed by atoms with Crippen molar-refractivity contribution in [1.82, 2.24) is 9.13 Å². The fourth-order valence-corrected chi connectivity index (χ4v) is 9.05. The molecule has 0 saturated heterocycles. The van der Waals surface area contributed by atoms with Gasteiger partial charge in [-0.1, -0.05) is 0 Å². The quantitative estimate of drug-likeness (QED) is 0.148. The van der Waals surface area contributed by atoms with E-state index in [2.05, 4.69) is 9.69 Å². The molecule has 0 fully saturated rings. The third kappa shape index (κ3) is 2.69. The fourth-order valence-electron chi connectivity index (χ4n) is 4.59. The van der Waals surface area contributed by atoms with Gasteiger partial charge in [0.05, 0.1) is 44.1 Å². The van der Waals surface area contributed by atoms with E-state index in [1.807, 2.05) is 12.1 Å². The Morgan fingerprint density at radius 1 is 0.579 bits per heavy atom. The SMILES string of the molecule is [C-]#[N+]c1sc2c(sc1[N+]#[C-])c1c(=O)n(C)c(=O)c3c4sc(C#N)c(C#N)sc4c4c(=O)n(C)c(=O)c2c4c31. The summed E-state index contributed by atoms with van der Waals surface area (Å²) in [5.74, 6) is 0. The highest BCUT2D eigenvalue weighted by Gasteiger charge is 2.28. The van der Waals surface area contributed by atoms with Crippen molar-refractivity contribution in [2.45, 2.75) is 0 Å². The van der Waals surface area contributed by atoms with Crippen molar-refractivity contribution in [2.24, 2.45) is 14.1 Å². The number of hydrogen-bond donors (Lipinski definition) is 0. The van der Waals surface area contributed by atoms with Crippen LogP contribution in [0, 0.1) is 35.8 Å². The normalized spacial score (nSPS) is 11.2. The number of hydrogen-bond acceptors (Lipinski definition) is 10. The zero-order chi connectivity index (χ0) is 27.2. The van der Waals surface area contributed by atoms with Crippen molar-refractivity contribution in [3.05, 3.63) is 74.0 Å². The molecule has 0 atom stereocenters. The van der Waals surface area contributed by atoms with E-state index < -0.39 is 22.2 Å². The molecule has 180 valence electrons. The summed E-state index contributed by atoms with van der Waals surface area (Å²) in [6, 6.07) is 3.92. The Morgan fingerprint density at radius 3 is 1.13 bits per heavy atom. The molecule has 6 aromatic rings. The third-order valence-corrected chi connectivity index (χ3v) is 11.2. The highest BCUT2D eigenvalue weighted by Crippen LogP contribution is 2.50. The van der Waals surface area contributed by atoms with Gasteiger partial charge in [0.2, 0.25) is 0 Å². The minimum Gasteiger partial charge on any atom is -0.277 e. The van der Waals surface area contributed by atoms with Crippen LogP contribution in [0.1, 0.15) is 9.75 Å². The average molecular weight is 571 g/mol. The number of nitrogens with zero attached hydrogens (tertiary/aromatic N) is 6. The number of rotatable bonds is 0. The molecular formula is C24H6N6O4S4. The lowest BCUT2D eigenvalue weighted by atomic mass is 9.96. The average Bonchev–Trinajstić information content (AvgIpc) is 2.93. The van der Waals surface area contributed by atoms with Gasteiger partial charge in [0.1, 0.15) is 21.9 Å². The topological polar surface area (TPSA) is 134 Å². The van der Waals surface area contributed by atoms with Gasteiger partial charge in [0.15, 0.2) is 0 Å². The zero-order valence-electron chi connectivity index (χ0n) is 18.9. The van der Waals surface area contributed by atoms with Crippen LogP contribution in [0.25, 0.3) is 60.8 Å². The lowest BCUT2D eigenvalue weighted by Crippen LogP contribution is -2.33. The van der Waals surface area contributed by atoms with Crippen LogP contribution in [0.4, 0.5) is 10.0 Å². The lowest BCUT2D eigenvalue weighted by molar-refractivity contribution is 0.840. The van der Waals surface area contributed by atoms with Gasteiger partial charge in [-0.25, -0.2) is 9.69 Å². The Kier molecular flexibility index (Phi) is 4.92. The first kappa shape index (κ1) is 23.7. The Balaban J connectivity index is 2.22. The highest BCUT2D eigenvalue weighted by atomic mass is 32.1. The molecule has 4 aromatic heterocycles. The minimum atomic E-state index is -0.683. The van der Waals surface area contributed by atoms with Crippen molar-refractivity contribution in [2.75, 3.05) is 0 Å². The molecule has 2 aromatic carbocycles. The molecule has 0 unspecified atom stereocenters. The van der Waals surface area contributed by atoms with Crippen molar-refractivity contribution < 1.29 is 0 Å². The van der Waals surface area contributed by atoms with E-state index in [1.54, 1.807) is 0 Å². The zero-order valence-corrected chi connectivity index (χ0v) is 22.2. The smallest absolute Gasteiger partial charge is 0.262 e. The molecule has 14 heteroatoms. The van der Waals surface area contributed by atoms with E-state index in [0.717, 1.165) is 54.5 Å². The summed E-state index contributed by atoms with van der Waals surface area (Å²) in [7, 11) is 2.60. The summed E-state index contributed by atoms with van der Waals surface area (Å²) < 4.78 is 2.83. The van der Waals surface area contributed by atoms with Gasteiger partial charge in [0, 0.05) is 34.3 Å². The van der Waals surface area contributed by atoms with Crippen LogP contribution >= 0.6 is 45.3 Å². The standard InChI is InChI=1S/C24H6N6O4S4/c1-27-19-20(28-2)38-18-14-10-9-11(21(31)29(3)23(33)13(9)17(18)37-19)15-16(12(10)22(32)30(4)24(14)34)36-8(6-26)7(5-25)35-15/h3-4H3. The number of aromatic nitrogens is 2. The van der Waals surface area contributed by atoms with Crippen molar-refractivity contribution >= 4 is 106 Å². The maximum absolute atomic E-state index is 13.6. The Bertz CT molecular complexity index is 2220. The first-order chi connectivity index (χ1) is 18.2. The first-order valence-electron chi connectivity index (χ1n) is 10.3. The summed E-state index contributed by atoms with van der Waals surface area (Å²) in [5.41, 5.74) is -2.73. The molecule has 0 radical (unpaired) electrons. The number of fused-ring (bicyclic) bond motifs is 6. The molecule has 0 aliphatic carbocycles. The molecule has 6 rings (SSSR count). The Labute approximate surface area is 225 Å². The molecule has 0 N–H and O–H groups in total. The van der Waals surface area contributed by atoms with E-state index in [-0.39, 0.29) is 70.9 Å². The summed E-state index contributed by atoms with van der Waals surface area (Å²) in [4.78, 5) is 61.4. The van der Waals surface area contributed by atoms with Crippen LogP contribution in [0.5, 0.6) is 0 Å². The summed E-state index contributed by atoms with van der Waals surface area (Å²) in [6.07, 6.45) is 0. The van der Waals surface area contributed by atoms with Crippen molar-refractivity contribution in [3.63, 3.8) is 0 Å². The predicted molar refractivity (Wildman–Crippen MR) is 150 cm³/mol. The minimum absolute atomic E-state index is 0.0263. The van der Waals surface area contributed by atoms with Crippen molar-refractivity contribution in [3.8, 4) is 12.1 Å². The van der Waals surface area contributed by atoms with E-state index in [9.17, 15) is 29.7 Å². The van der Waals surface area contributed by atoms with E-state index >= 15 is 0 Å². The second kappa shape index (κ2) is 7.90. The maximum Gasteiger partial charge on any atom is 0.262 e. The fraction of sp³-hybridized carbons (Fsp3) is 0.0833. The number of benzene rings is 2. The molecule has 0 bridgehead atoms. The van der Waals surface area contributed by atoms with Gasteiger partial charge in [-0.15, -0.1) is 22.7 Å². The van der Waals surface area contributed by atoms with E-state index in [1.165, 1.54) is 14.1 Å². The molecule has 38 heavy (non-hydrogen) atoms. The highest BCUT2D eigenvalue weighted by molar-refractivity contribution is 7.35. The van der Waals surface area contributed by atoms with E-state index in [0.29, 0.717) is 0 Å². The van der Waals surface area contributed by atoms with Crippen molar-refractivity contribution in [1.29, 1.82) is 10.5 Å². The number of pyridine rings is 2. The summed E-state index contributed by atoms with van der Waals surface area (Å²) in [5, 5.41) is 19.8. The molecular weight excluding hydrogens is 565 g/mol. The Hall–Kier alpha value is -4.70. The van der Waals surface area contributed by atoms with Gasteiger partial charge < -0.3 is 0 Å². The predicted octanol–water partition coefficient (Wildman–Crippen LogP) is 4.66. The van der Waals surface area contributed by atoms with Crippen LogP contribution < -0.4 is 22.2 Å². The molecule has 0 saturated carbocycles.